The van der Waals surface area contributed by atoms with Crippen molar-refractivity contribution in [2.24, 2.45) is 0 Å². The number of fused-ring (bicyclic) bond motifs is 1. The number of rotatable bonds is 4. The van der Waals surface area contributed by atoms with Gasteiger partial charge in [-0.1, -0.05) is 30.9 Å². The normalized spacial score (nSPS) is 27.9. The average Bonchev–Trinajstić information content (AvgIpc) is 3.18. The zero-order valence-electron chi connectivity index (χ0n) is 13.9. The summed E-state index contributed by atoms with van der Waals surface area (Å²) < 4.78 is 7.51. The van der Waals surface area contributed by atoms with Gasteiger partial charge in [0, 0.05) is 18.5 Å². The quantitative estimate of drug-likeness (QED) is 0.720. The minimum absolute atomic E-state index is 0.215. The molecule has 0 amide bonds. The Morgan fingerprint density at radius 1 is 1.32 bits per heavy atom. The third kappa shape index (κ3) is 3.33. The van der Waals surface area contributed by atoms with Crippen molar-refractivity contribution in [1.29, 1.82) is 0 Å². The van der Waals surface area contributed by atoms with Crippen molar-refractivity contribution in [3.05, 3.63) is 17.5 Å². The Balaban J connectivity index is 1.64. The molecular weight excluding hydrogens is 344 g/mol. The summed E-state index contributed by atoms with van der Waals surface area (Å²) in [6, 6.07) is 2.25. The number of nitrogens with one attached hydrogen (secondary N) is 1. The average molecular weight is 367 g/mol. The lowest BCUT2D eigenvalue weighted by molar-refractivity contribution is -0.0432. The van der Waals surface area contributed by atoms with Gasteiger partial charge in [0.15, 0.2) is 5.65 Å². The van der Waals surface area contributed by atoms with Crippen LogP contribution in [0.3, 0.4) is 0 Å². The Morgan fingerprint density at radius 2 is 2.12 bits per heavy atom. The lowest BCUT2D eigenvalue weighted by atomic mass is 9.95. The maximum Gasteiger partial charge on any atom is 0.165 e. The summed E-state index contributed by atoms with van der Waals surface area (Å²) in [5, 5.41) is 23.2. The van der Waals surface area contributed by atoms with Gasteiger partial charge in [-0.15, -0.1) is 0 Å². The van der Waals surface area contributed by atoms with E-state index in [-0.39, 0.29) is 6.61 Å². The smallest absolute Gasteiger partial charge is 0.165 e. The number of ether oxygens (including phenoxy) is 1. The van der Waals surface area contributed by atoms with E-state index in [0.717, 1.165) is 24.0 Å². The van der Waals surface area contributed by atoms with Crippen LogP contribution >= 0.6 is 11.6 Å². The number of hydrogen-bond donors (Lipinski definition) is 3. The van der Waals surface area contributed by atoms with E-state index in [0.29, 0.717) is 23.3 Å². The molecule has 0 spiro atoms. The van der Waals surface area contributed by atoms with E-state index in [9.17, 15) is 10.2 Å². The molecule has 3 atom stereocenters. The van der Waals surface area contributed by atoms with Crippen LogP contribution in [0.15, 0.2) is 12.4 Å². The van der Waals surface area contributed by atoms with Crippen LogP contribution in [0.5, 0.6) is 0 Å². The minimum Gasteiger partial charge on any atom is -0.394 e. The first kappa shape index (κ1) is 17.0. The first-order chi connectivity index (χ1) is 12.2. The van der Waals surface area contributed by atoms with Crippen LogP contribution < -0.4 is 5.32 Å². The molecule has 0 radical (unpaired) electrons. The van der Waals surface area contributed by atoms with Crippen LogP contribution in [0.2, 0.25) is 5.15 Å². The number of imidazole rings is 1. The van der Waals surface area contributed by atoms with E-state index in [1.807, 2.05) is 6.07 Å². The van der Waals surface area contributed by atoms with Crippen LogP contribution in [0.4, 0.5) is 5.69 Å². The second kappa shape index (κ2) is 7.07. The van der Waals surface area contributed by atoms with Gasteiger partial charge in [0.1, 0.15) is 23.0 Å². The number of hydrogen-bond acceptors (Lipinski definition) is 6. The van der Waals surface area contributed by atoms with Crippen LogP contribution in [0.25, 0.3) is 11.2 Å². The van der Waals surface area contributed by atoms with Crippen molar-refractivity contribution in [3.8, 4) is 0 Å². The molecule has 3 N–H and O–H groups in total. The van der Waals surface area contributed by atoms with Gasteiger partial charge < -0.3 is 20.3 Å². The molecule has 2 aromatic heterocycles. The summed E-state index contributed by atoms with van der Waals surface area (Å²) in [5.41, 5.74) is 2.26. The third-order valence-electron chi connectivity index (χ3n) is 5.16. The molecule has 136 valence electrons. The first-order valence-corrected chi connectivity index (χ1v) is 9.27. The molecule has 1 aliphatic heterocycles. The first-order valence-electron chi connectivity index (χ1n) is 8.89. The monoisotopic (exact) mass is 366 g/mol. The van der Waals surface area contributed by atoms with Crippen molar-refractivity contribution >= 4 is 28.5 Å². The molecule has 1 aliphatic carbocycles. The van der Waals surface area contributed by atoms with Gasteiger partial charge in [-0.25, -0.2) is 9.97 Å². The molecule has 1 saturated carbocycles. The molecule has 2 aromatic rings. The van der Waals surface area contributed by atoms with Gasteiger partial charge >= 0.3 is 0 Å². The number of halogens is 1. The number of nitrogens with zero attached hydrogens (tertiary/aromatic N) is 3. The van der Waals surface area contributed by atoms with Crippen LogP contribution in [0.1, 0.15) is 44.8 Å². The van der Waals surface area contributed by atoms with Crippen LogP contribution in [0, 0.1) is 0 Å². The van der Waals surface area contributed by atoms with Crippen molar-refractivity contribution < 1.29 is 14.9 Å². The number of aliphatic hydroxyl groups excluding tert-OH is 2. The van der Waals surface area contributed by atoms with Gasteiger partial charge in [0.2, 0.25) is 0 Å². The Kier molecular flexibility index (Phi) is 4.82. The predicted octanol–water partition coefficient (Wildman–Crippen LogP) is 2.47. The van der Waals surface area contributed by atoms with Crippen LogP contribution in [-0.2, 0) is 4.74 Å². The van der Waals surface area contributed by atoms with Gasteiger partial charge in [0.05, 0.1) is 24.7 Å². The highest BCUT2D eigenvalue weighted by Gasteiger charge is 2.35. The molecule has 7 nitrogen and oxygen atoms in total. The minimum atomic E-state index is -0.702. The Morgan fingerprint density at radius 3 is 2.84 bits per heavy atom. The molecule has 1 saturated heterocycles. The third-order valence-corrected chi connectivity index (χ3v) is 5.35. The fourth-order valence-electron chi connectivity index (χ4n) is 3.81. The Hall–Kier alpha value is -1.41. The van der Waals surface area contributed by atoms with Gasteiger partial charge in [-0.2, -0.15) is 0 Å². The second-order valence-electron chi connectivity index (χ2n) is 6.91. The molecular formula is C17H23ClN4O3. The lowest BCUT2D eigenvalue weighted by Crippen LogP contribution is -2.24. The number of pyridine rings is 1. The molecule has 3 heterocycles. The zero-order chi connectivity index (χ0) is 17.4. The van der Waals surface area contributed by atoms with E-state index in [1.165, 1.54) is 19.3 Å². The maximum atomic E-state index is 9.98. The lowest BCUT2D eigenvalue weighted by Gasteiger charge is -2.24. The standard InChI is InChI=1S/C17H23ClN4O3/c18-14-6-11(20-10-4-2-1-3-5-10)16-17(21-14)22(9-19-16)15-7-12(24)13(8-23)25-15/h6,9-10,12-13,15,23-24H,1-5,7-8H2,(H,20,21)/t12-,13+,15+/m0/s1. The van der Waals surface area contributed by atoms with E-state index in [4.69, 9.17) is 16.3 Å². The number of anilines is 1. The van der Waals surface area contributed by atoms with Gasteiger partial charge in [0.25, 0.3) is 0 Å². The van der Waals surface area contributed by atoms with E-state index in [1.54, 1.807) is 10.9 Å². The molecule has 2 aliphatic rings. The zero-order valence-corrected chi connectivity index (χ0v) is 14.7. The molecule has 0 unspecified atom stereocenters. The maximum absolute atomic E-state index is 9.98. The number of aromatic nitrogens is 3. The van der Waals surface area contributed by atoms with E-state index >= 15 is 0 Å². The molecule has 4 rings (SSSR count). The molecule has 2 fully saturated rings. The predicted molar refractivity (Wildman–Crippen MR) is 94.7 cm³/mol. The summed E-state index contributed by atoms with van der Waals surface area (Å²) in [7, 11) is 0. The second-order valence-corrected chi connectivity index (χ2v) is 7.30. The fraction of sp³-hybridized carbons (Fsp3) is 0.647. The van der Waals surface area contributed by atoms with Crippen molar-refractivity contribution in [3.63, 3.8) is 0 Å². The largest absolute Gasteiger partial charge is 0.394 e. The molecule has 8 heteroatoms. The summed E-state index contributed by atoms with van der Waals surface area (Å²) in [6.07, 6.45) is 6.43. The SMILES string of the molecule is OC[C@H]1O[C@@H](n2cnc3c(NC4CCCCC4)cc(Cl)nc32)C[C@@H]1O. The van der Waals surface area contributed by atoms with E-state index in [2.05, 4.69) is 15.3 Å². The Labute approximate surface area is 151 Å². The van der Waals surface area contributed by atoms with Gasteiger partial charge in [-0.05, 0) is 12.8 Å². The van der Waals surface area contributed by atoms with E-state index < -0.39 is 18.4 Å². The summed E-state index contributed by atoms with van der Waals surface area (Å²) >= 11 is 6.24. The highest BCUT2D eigenvalue weighted by Crippen LogP contribution is 2.34. The summed E-state index contributed by atoms with van der Waals surface area (Å²) in [5.74, 6) is 0. The highest BCUT2D eigenvalue weighted by molar-refractivity contribution is 6.30. The summed E-state index contributed by atoms with van der Waals surface area (Å²) in [6.45, 7) is -0.215. The van der Waals surface area contributed by atoms with Crippen molar-refractivity contribution in [1.82, 2.24) is 14.5 Å². The Bertz CT molecular complexity index is 747. The van der Waals surface area contributed by atoms with Crippen molar-refractivity contribution in [2.75, 3.05) is 11.9 Å². The number of aliphatic hydroxyl groups is 2. The fourth-order valence-corrected chi connectivity index (χ4v) is 4.00. The van der Waals surface area contributed by atoms with Crippen molar-refractivity contribution in [2.45, 2.75) is 63.0 Å². The molecule has 0 aromatic carbocycles. The topological polar surface area (TPSA) is 92.4 Å². The van der Waals surface area contributed by atoms with Crippen LogP contribution in [-0.4, -0.2) is 49.6 Å². The summed E-state index contributed by atoms with van der Waals surface area (Å²) in [4.78, 5) is 8.91. The van der Waals surface area contributed by atoms with Gasteiger partial charge in [-0.3, -0.25) is 4.57 Å². The highest BCUT2D eigenvalue weighted by atomic mass is 35.5. The molecule has 0 bridgehead atoms. The molecule has 25 heavy (non-hydrogen) atoms.